The molecule has 0 spiro atoms. The SMILES string of the molecule is NNC1[B]c2ccncc2N1. The Balaban J connectivity index is 2.27. The molecule has 0 aliphatic carbocycles. The van der Waals surface area contributed by atoms with Gasteiger partial charge in [0.2, 0.25) is 7.28 Å². The molecule has 0 aromatic carbocycles. The Labute approximate surface area is 65.4 Å². The maximum atomic E-state index is 5.25. The van der Waals surface area contributed by atoms with Crippen molar-refractivity contribution in [2.45, 2.75) is 6.07 Å². The molecule has 1 atom stereocenters. The van der Waals surface area contributed by atoms with Gasteiger partial charge in [0.15, 0.2) is 0 Å². The fourth-order valence-electron chi connectivity index (χ4n) is 1.15. The van der Waals surface area contributed by atoms with Gasteiger partial charge in [-0.1, -0.05) is 5.46 Å². The number of nitrogens with zero attached hydrogens (tertiary/aromatic N) is 1. The molecule has 0 bridgehead atoms. The maximum absolute atomic E-state index is 5.25. The molecular weight excluding hydrogens is 139 g/mol. The van der Waals surface area contributed by atoms with Crippen molar-refractivity contribution in [1.29, 1.82) is 0 Å². The normalized spacial score (nSPS) is 20.3. The number of hydrogen-bond acceptors (Lipinski definition) is 4. The summed E-state index contributed by atoms with van der Waals surface area (Å²) in [4.78, 5) is 3.97. The summed E-state index contributed by atoms with van der Waals surface area (Å²) in [5.41, 5.74) is 4.78. The predicted molar refractivity (Wildman–Crippen MR) is 44.4 cm³/mol. The summed E-state index contributed by atoms with van der Waals surface area (Å²) in [6, 6.07) is 1.98. The zero-order chi connectivity index (χ0) is 7.68. The summed E-state index contributed by atoms with van der Waals surface area (Å²) in [6.07, 6.45) is 3.54. The zero-order valence-corrected chi connectivity index (χ0v) is 5.91. The number of nitrogens with two attached hydrogens (primary N) is 1. The minimum Gasteiger partial charge on any atom is -0.375 e. The van der Waals surface area contributed by atoms with Crippen LogP contribution in [0.15, 0.2) is 18.5 Å². The number of fused-ring (bicyclic) bond motifs is 1. The van der Waals surface area contributed by atoms with Crippen LogP contribution in [0.1, 0.15) is 0 Å². The fraction of sp³-hybridized carbons (Fsp3) is 0.167. The van der Waals surface area contributed by atoms with E-state index < -0.39 is 0 Å². The van der Waals surface area contributed by atoms with Crippen LogP contribution in [0.5, 0.6) is 0 Å². The number of hydrogen-bond donors (Lipinski definition) is 3. The highest BCUT2D eigenvalue weighted by Crippen LogP contribution is 2.07. The van der Waals surface area contributed by atoms with Crippen molar-refractivity contribution in [2.75, 3.05) is 5.32 Å². The van der Waals surface area contributed by atoms with Gasteiger partial charge < -0.3 is 5.32 Å². The minimum atomic E-state index is 0.0363. The third kappa shape index (κ3) is 1.08. The minimum absolute atomic E-state index is 0.0363. The Hall–Kier alpha value is -1.07. The third-order valence-electron chi connectivity index (χ3n) is 1.69. The first-order chi connectivity index (χ1) is 5.40. The number of rotatable bonds is 1. The van der Waals surface area contributed by atoms with Gasteiger partial charge in [0, 0.05) is 18.1 Å². The average molecular weight is 147 g/mol. The second kappa shape index (κ2) is 2.52. The molecule has 2 heterocycles. The van der Waals surface area contributed by atoms with Gasteiger partial charge in [0.25, 0.3) is 0 Å². The molecule has 1 aromatic rings. The molecule has 0 saturated carbocycles. The van der Waals surface area contributed by atoms with Gasteiger partial charge in [-0.3, -0.25) is 10.8 Å². The van der Waals surface area contributed by atoms with Crippen LogP contribution in [0, 0.1) is 0 Å². The first-order valence-corrected chi connectivity index (χ1v) is 3.42. The van der Waals surface area contributed by atoms with Gasteiger partial charge in [-0.15, -0.1) is 0 Å². The van der Waals surface area contributed by atoms with Crippen LogP contribution in [0.2, 0.25) is 0 Å². The van der Waals surface area contributed by atoms with Crippen molar-refractivity contribution >= 4 is 18.4 Å². The van der Waals surface area contributed by atoms with Crippen LogP contribution < -0.4 is 22.0 Å². The highest BCUT2D eigenvalue weighted by atomic mass is 15.3. The molecule has 2 rings (SSSR count). The van der Waals surface area contributed by atoms with Crippen LogP contribution in [0.4, 0.5) is 5.69 Å². The molecule has 1 aliphatic rings. The molecule has 0 amide bonds. The van der Waals surface area contributed by atoms with E-state index in [1.165, 1.54) is 0 Å². The van der Waals surface area contributed by atoms with E-state index in [9.17, 15) is 0 Å². The molecule has 5 heteroatoms. The zero-order valence-electron chi connectivity index (χ0n) is 5.91. The smallest absolute Gasteiger partial charge is 0.205 e. The summed E-state index contributed by atoms with van der Waals surface area (Å²) < 4.78 is 0. The summed E-state index contributed by atoms with van der Waals surface area (Å²) in [7, 11) is 2.01. The van der Waals surface area contributed by atoms with Gasteiger partial charge in [-0.25, -0.2) is 5.43 Å². The second-order valence-corrected chi connectivity index (χ2v) is 2.42. The summed E-state index contributed by atoms with van der Waals surface area (Å²) >= 11 is 0. The van der Waals surface area contributed by atoms with Crippen LogP contribution >= 0.6 is 0 Å². The van der Waals surface area contributed by atoms with Gasteiger partial charge >= 0.3 is 0 Å². The number of hydrazine groups is 1. The number of nitrogens with one attached hydrogen (secondary N) is 2. The number of pyridine rings is 1. The van der Waals surface area contributed by atoms with E-state index in [0.717, 1.165) is 11.2 Å². The van der Waals surface area contributed by atoms with E-state index in [-0.39, 0.29) is 6.07 Å². The average Bonchev–Trinajstić information content (AvgIpc) is 2.46. The molecule has 0 fully saturated rings. The molecule has 1 aromatic heterocycles. The standard InChI is InChI=1S/C6H8BN4/c8-11-6-7-4-1-2-9-3-5(4)10-6/h1-3,6,10-11H,8H2. The Morgan fingerprint density at radius 1 is 1.73 bits per heavy atom. The highest BCUT2D eigenvalue weighted by Gasteiger charge is 2.19. The van der Waals surface area contributed by atoms with Crippen molar-refractivity contribution in [2.24, 2.45) is 5.84 Å². The van der Waals surface area contributed by atoms with Crippen molar-refractivity contribution in [3.63, 3.8) is 0 Å². The van der Waals surface area contributed by atoms with E-state index in [1.54, 1.807) is 12.4 Å². The molecule has 1 aliphatic heterocycles. The summed E-state index contributed by atoms with van der Waals surface area (Å²) in [6.45, 7) is 0. The van der Waals surface area contributed by atoms with Crippen LogP contribution in [-0.2, 0) is 0 Å². The first-order valence-electron chi connectivity index (χ1n) is 3.42. The number of aromatic nitrogens is 1. The van der Waals surface area contributed by atoms with Gasteiger partial charge in [-0.05, 0) is 6.07 Å². The lowest BCUT2D eigenvalue weighted by atomic mass is 9.70. The molecule has 4 N–H and O–H groups in total. The quantitative estimate of drug-likeness (QED) is 0.259. The topological polar surface area (TPSA) is 63.0 Å². The Morgan fingerprint density at radius 2 is 2.64 bits per heavy atom. The van der Waals surface area contributed by atoms with E-state index in [4.69, 9.17) is 5.84 Å². The second-order valence-electron chi connectivity index (χ2n) is 2.42. The van der Waals surface area contributed by atoms with Crippen molar-refractivity contribution < 1.29 is 0 Å². The number of anilines is 1. The highest BCUT2D eigenvalue weighted by molar-refractivity contribution is 6.59. The lowest BCUT2D eigenvalue weighted by molar-refractivity contribution is 0.736. The molecule has 1 radical (unpaired) electrons. The lowest BCUT2D eigenvalue weighted by Crippen LogP contribution is -2.43. The van der Waals surface area contributed by atoms with Crippen molar-refractivity contribution in [1.82, 2.24) is 10.4 Å². The van der Waals surface area contributed by atoms with Crippen LogP contribution in [-0.4, -0.2) is 18.3 Å². The van der Waals surface area contributed by atoms with Crippen LogP contribution in [0.3, 0.4) is 0 Å². The van der Waals surface area contributed by atoms with Crippen LogP contribution in [0.25, 0.3) is 0 Å². The first kappa shape index (κ1) is 6.63. The maximum Gasteiger partial charge on any atom is 0.205 e. The van der Waals surface area contributed by atoms with Crippen molar-refractivity contribution in [3.8, 4) is 0 Å². The molecule has 1 unspecified atom stereocenters. The van der Waals surface area contributed by atoms with E-state index >= 15 is 0 Å². The molecule has 4 nitrogen and oxygen atoms in total. The van der Waals surface area contributed by atoms with Gasteiger partial charge in [0.05, 0.1) is 6.07 Å². The summed E-state index contributed by atoms with van der Waals surface area (Å²) in [5, 5.41) is 3.13. The Morgan fingerprint density at radius 3 is 3.36 bits per heavy atom. The third-order valence-corrected chi connectivity index (χ3v) is 1.69. The molecule has 11 heavy (non-hydrogen) atoms. The largest absolute Gasteiger partial charge is 0.375 e. The summed E-state index contributed by atoms with van der Waals surface area (Å²) in [5.74, 6) is 5.25. The monoisotopic (exact) mass is 147 g/mol. The lowest BCUT2D eigenvalue weighted by Gasteiger charge is -2.07. The Kier molecular flexibility index (Phi) is 1.52. The Bertz CT molecular complexity index is 240. The van der Waals surface area contributed by atoms with Crippen molar-refractivity contribution in [3.05, 3.63) is 18.5 Å². The van der Waals surface area contributed by atoms with E-state index in [1.807, 2.05) is 13.3 Å². The molecule has 0 saturated heterocycles. The fourth-order valence-corrected chi connectivity index (χ4v) is 1.15. The van der Waals surface area contributed by atoms with E-state index in [2.05, 4.69) is 15.7 Å². The molecular formula is C6H8BN4. The van der Waals surface area contributed by atoms with E-state index in [0.29, 0.717) is 0 Å². The van der Waals surface area contributed by atoms with Gasteiger partial charge in [-0.2, -0.15) is 0 Å². The van der Waals surface area contributed by atoms with Gasteiger partial charge in [0.1, 0.15) is 0 Å². The molecule has 55 valence electrons. The predicted octanol–water partition coefficient (Wildman–Crippen LogP) is -1.42.